The molecule has 0 aromatic heterocycles. The third-order valence-corrected chi connectivity index (χ3v) is 5.30. The van der Waals surface area contributed by atoms with Gasteiger partial charge in [0, 0.05) is 18.5 Å². The number of amidine groups is 1. The van der Waals surface area contributed by atoms with Crippen LogP contribution in [0.3, 0.4) is 0 Å². The number of hydrogen-bond donors (Lipinski definition) is 4. The predicted molar refractivity (Wildman–Crippen MR) is 104 cm³/mol. The molecule has 2 aromatic carbocycles. The molecule has 0 saturated carbocycles. The van der Waals surface area contributed by atoms with E-state index in [0.717, 1.165) is 12.8 Å². The highest BCUT2D eigenvalue weighted by Gasteiger charge is 2.33. The van der Waals surface area contributed by atoms with Crippen molar-refractivity contribution in [2.45, 2.75) is 37.5 Å². The second-order valence-electron chi connectivity index (χ2n) is 7.18. The van der Waals surface area contributed by atoms with Crippen molar-refractivity contribution in [1.29, 1.82) is 5.41 Å². The molecule has 4 rings (SSSR count). The van der Waals surface area contributed by atoms with E-state index < -0.39 is 0 Å². The van der Waals surface area contributed by atoms with E-state index in [9.17, 15) is 4.79 Å². The van der Waals surface area contributed by atoms with Gasteiger partial charge >= 0.3 is 0 Å². The zero-order chi connectivity index (χ0) is 18.8. The highest BCUT2D eigenvalue weighted by atomic mass is 16.5. The van der Waals surface area contributed by atoms with Gasteiger partial charge in [0.1, 0.15) is 17.7 Å². The van der Waals surface area contributed by atoms with Crippen LogP contribution in [0.25, 0.3) is 0 Å². The summed E-state index contributed by atoms with van der Waals surface area (Å²) in [5.41, 5.74) is 8.72. The largest absolute Gasteiger partial charge is 0.489 e. The Kier molecular flexibility index (Phi) is 4.81. The van der Waals surface area contributed by atoms with Crippen LogP contribution in [0.2, 0.25) is 0 Å². The molecule has 1 fully saturated rings. The van der Waals surface area contributed by atoms with Crippen molar-refractivity contribution in [3.8, 4) is 5.75 Å². The second kappa shape index (κ2) is 7.40. The molecule has 2 aromatic rings. The van der Waals surface area contributed by atoms with E-state index >= 15 is 0 Å². The van der Waals surface area contributed by atoms with Gasteiger partial charge in [0.15, 0.2) is 0 Å². The molecule has 1 aliphatic heterocycles. The number of amides is 1. The summed E-state index contributed by atoms with van der Waals surface area (Å²) >= 11 is 0. The fourth-order valence-corrected chi connectivity index (χ4v) is 3.90. The first-order valence-corrected chi connectivity index (χ1v) is 9.33. The number of nitrogens with one attached hydrogen (secondary N) is 3. The highest BCUT2D eigenvalue weighted by molar-refractivity contribution is 5.95. The molecule has 2 aliphatic rings. The number of rotatable bonds is 5. The molecule has 5 N–H and O–H groups in total. The quantitative estimate of drug-likeness (QED) is 0.481. The van der Waals surface area contributed by atoms with Crippen LogP contribution in [0.15, 0.2) is 48.5 Å². The molecule has 6 heteroatoms. The molecule has 1 aliphatic carbocycles. The summed E-state index contributed by atoms with van der Waals surface area (Å²) in [5.74, 6) is 0.708. The van der Waals surface area contributed by atoms with E-state index in [1.54, 1.807) is 12.1 Å². The number of ether oxygens (including phenoxy) is 1. The summed E-state index contributed by atoms with van der Waals surface area (Å²) in [6, 6.07) is 15.3. The van der Waals surface area contributed by atoms with Crippen molar-refractivity contribution in [3.05, 3.63) is 65.2 Å². The minimum absolute atomic E-state index is 0.0131. The maximum atomic E-state index is 12.7. The van der Waals surface area contributed by atoms with Crippen LogP contribution in [-0.2, 0) is 11.2 Å². The summed E-state index contributed by atoms with van der Waals surface area (Å²) in [7, 11) is 0. The third-order valence-electron chi connectivity index (χ3n) is 5.30. The van der Waals surface area contributed by atoms with Crippen molar-refractivity contribution in [2.75, 3.05) is 6.54 Å². The topological polar surface area (TPSA) is 100 Å². The molecule has 0 radical (unpaired) electrons. The number of carbonyl (C=O) groups is 1. The van der Waals surface area contributed by atoms with Crippen LogP contribution >= 0.6 is 0 Å². The second-order valence-corrected chi connectivity index (χ2v) is 7.18. The van der Waals surface area contributed by atoms with Crippen LogP contribution in [0.1, 0.15) is 35.6 Å². The average Bonchev–Trinajstić information content (AvgIpc) is 3.29. The highest BCUT2D eigenvalue weighted by Crippen LogP contribution is 2.31. The Morgan fingerprint density at radius 2 is 2.07 bits per heavy atom. The molecule has 3 atom stereocenters. The molecular weight excluding hydrogens is 340 g/mol. The first-order valence-electron chi connectivity index (χ1n) is 9.33. The summed E-state index contributed by atoms with van der Waals surface area (Å²) in [6.45, 7) is 0.615. The van der Waals surface area contributed by atoms with Crippen molar-refractivity contribution in [2.24, 2.45) is 5.73 Å². The van der Waals surface area contributed by atoms with Gasteiger partial charge in [-0.2, -0.15) is 0 Å². The lowest BCUT2D eigenvalue weighted by atomic mass is 10.1. The van der Waals surface area contributed by atoms with Gasteiger partial charge in [-0.25, -0.2) is 0 Å². The lowest BCUT2D eigenvalue weighted by molar-refractivity contribution is -0.123. The van der Waals surface area contributed by atoms with Crippen LogP contribution in [0.5, 0.6) is 5.75 Å². The van der Waals surface area contributed by atoms with E-state index in [1.807, 2.05) is 24.3 Å². The van der Waals surface area contributed by atoms with E-state index in [2.05, 4.69) is 22.8 Å². The zero-order valence-electron chi connectivity index (χ0n) is 15.1. The molecule has 1 heterocycles. The summed E-state index contributed by atoms with van der Waals surface area (Å²) in [4.78, 5) is 12.7. The number of benzene rings is 2. The van der Waals surface area contributed by atoms with Gasteiger partial charge in [0.2, 0.25) is 5.91 Å². The average molecular weight is 364 g/mol. The molecular formula is C21H24N4O2. The van der Waals surface area contributed by atoms with Crippen molar-refractivity contribution in [3.63, 3.8) is 0 Å². The standard InChI is InChI=1S/C21H24N4O2/c22-20(23)14-5-3-6-15(10-14)27-16-11-19(24-12-16)21(26)25-18-9-8-13-4-1-2-7-17(13)18/h1-7,10,16,18-19,24H,8-9,11-12H2,(H3,22,23)(H,25,26). The van der Waals surface area contributed by atoms with Crippen LogP contribution < -0.4 is 21.1 Å². The van der Waals surface area contributed by atoms with Gasteiger partial charge in [0.05, 0.1) is 12.1 Å². The number of hydrogen-bond acceptors (Lipinski definition) is 4. The number of aryl methyl sites for hydroxylation is 1. The Balaban J connectivity index is 1.34. The Labute approximate surface area is 158 Å². The number of nitrogens with two attached hydrogens (primary N) is 1. The minimum atomic E-state index is -0.251. The molecule has 1 amide bonds. The van der Waals surface area contributed by atoms with Crippen LogP contribution in [0, 0.1) is 5.41 Å². The SMILES string of the molecule is N=C(N)c1cccc(OC2CNC(C(=O)NC3CCc4ccccc43)C2)c1. The minimum Gasteiger partial charge on any atom is -0.489 e. The molecule has 27 heavy (non-hydrogen) atoms. The molecule has 0 bridgehead atoms. The van der Waals surface area contributed by atoms with E-state index in [1.165, 1.54) is 11.1 Å². The van der Waals surface area contributed by atoms with E-state index in [-0.39, 0.29) is 29.9 Å². The maximum absolute atomic E-state index is 12.7. The van der Waals surface area contributed by atoms with Crippen LogP contribution in [0.4, 0.5) is 0 Å². The van der Waals surface area contributed by atoms with E-state index in [4.69, 9.17) is 15.9 Å². The number of carbonyl (C=O) groups excluding carboxylic acids is 1. The Morgan fingerprint density at radius 1 is 1.22 bits per heavy atom. The maximum Gasteiger partial charge on any atom is 0.237 e. The fraction of sp³-hybridized carbons (Fsp3) is 0.333. The van der Waals surface area contributed by atoms with Crippen molar-refractivity contribution >= 4 is 11.7 Å². The zero-order valence-corrected chi connectivity index (χ0v) is 15.1. The molecule has 1 saturated heterocycles. The summed E-state index contributed by atoms with van der Waals surface area (Å²) in [5, 5.41) is 14.0. The number of fused-ring (bicyclic) bond motifs is 1. The van der Waals surface area contributed by atoms with Gasteiger partial charge in [-0.15, -0.1) is 0 Å². The predicted octanol–water partition coefficient (Wildman–Crippen LogP) is 1.88. The molecule has 140 valence electrons. The van der Waals surface area contributed by atoms with Crippen molar-refractivity contribution < 1.29 is 9.53 Å². The fourth-order valence-electron chi connectivity index (χ4n) is 3.90. The summed E-state index contributed by atoms with van der Waals surface area (Å²) in [6.07, 6.45) is 2.50. The Bertz CT molecular complexity index is 867. The summed E-state index contributed by atoms with van der Waals surface area (Å²) < 4.78 is 5.98. The molecule has 3 unspecified atom stereocenters. The van der Waals surface area contributed by atoms with Crippen molar-refractivity contribution in [1.82, 2.24) is 10.6 Å². The number of nitrogen functional groups attached to an aromatic ring is 1. The first-order chi connectivity index (χ1) is 13.1. The molecule has 0 spiro atoms. The van der Waals surface area contributed by atoms with Gasteiger partial charge in [-0.1, -0.05) is 36.4 Å². The third kappa shape index (κ3) is 3.80. The molecule has 6 nitrogen and oxygen atoms in total. The normalized spacial score (nSPS) is 23.6. The first kappa shape index (κ1) is 17.5. The van der Waals surface area contributed by atoms with Crippen LogP contribution in [-0.4, -0.2) is 30.4 Å². The lowest BCUT2D eigenvalue weighted by Crippen LogP contribution is -2.41. The monoisotopic (exact) mass is 364 g/mol. The van der Waals surface area contributed by atoms with Gasteiger partial charge in [-0.3, -0.25) is 10.2 Å². The van der Waals surface area contributed by atoms with Gasteiger partial charge in [-0.05, 0) is 36.1 Å². The van der Waals surface area contributed by atoms with E-state index in [0.29, 0.717) is 24.3 Å². The van der Waals surface area contributed by atoms with Gasteiger partial charge < -0.3 is 21.1 Å². The smallest absolute Gasteiger partial charge is 0.237 e. The lowest BCUT2D eigenvalue weighted by Gasteiger charge is -2.18. The Morgan fingerprint density at radius 3 is 2.93 bits per heavy atom. The Hall–Kier alpha value is -2.86. The van der Waals surface area contributed by atoms with Gasteiger partial charge in [0.25, 0.3) is 0 Å².